The zero-order chi connectivity index (χ0) is 11.6. The van der Waals surface area contributed by atoms with Crippen LogP contribution in [0.25, 0.3) is 0 Å². The van der Waals surface area contributed by atoms with Gasteiger partial charge in [0.05, 0.1) is 14.4 Å². The van der Waals surface area contributed by atoms with E-state index in [0.29, 0.717) is 17.0 Å². The van der Waals surface area contributed by atoms with Gasteiger partial charge in [0.15, 0.2) is 5.76 Å². The average molecular weight is 240 g/mol. The van der Waals surface area contributed by atoms with Crippen molar-refractivity contribution in [2.24, 2.45) is 0 Å². The van der Waals surface area contributed by atoms with Gasteiger partial charge in [-0.05, 0) is 12.8 Å². The highest BCUT2D eigenvalue weighted by Gasteiger charge is 2.49. The van der Waals surface area contributed by atoms with E-state index in [1.54, 1.807) is 0 Å². The molecule has 90 valence electrons. The molecule has 0 bridgehead atoms. The van der Waals surface area contributed by atoms with Gasteiger partial charge in [-0.25, -0.2) is 0 Å². The molecule has 2 rings (SSSR count). The second-order valence-electron chi connectivity index (χ2n) is 5.28. The van der Waals surface area contributed by atoms with Gasteiger partial charge in [-0.15, -0.1) is 0 Å². The number of nitrogens with one attached hydrogen (secondary N) is 2. The summed E-state index contributed by atoms with van der Waals surface area (Å²) in [5.41, 5.74) is 0. The first-order valence-electron chi connectivity index (χ1n) is 6.04. The average Bonchev–Trinajstić information content (AvgIpc) is 2.71. The minimum absolute atomic E-state index is 0.322. The minimum Gasteiger partial charge on any atom is -0.470 e. The Kier molecular flexibility index (Phi) is 3.53. The molecule has 2 fully saturated rings. The van der Waals surface area contributed by atoms with E-state index < -0.39 is 0 Å². The summed E-state index contributed by atoms with van der Waals surface area (Å²) in [6.07, 6.45) is 9.53. The Morgan fingerprint density at radius 2 is 2.06 bits per heavy atom. The molecule has 1 aliphatic carbocycles. The van der Waals surface area contributed by atoms with E-state index in [4.69, 9.17) is 9.93 Å². The second-order valence-corrected chi connectivity index (χ2v) is 7.75. The molecule has 1 atom stereocenters. The van der Waals surface area contributed by atoms with Crippen LogP contribution in [0.15, 0.2) is 12.0 Å². The Hall–Kier alpha value is -0.560. The van der Waals surface area contributed by atoms with E-state index in [9.17, 15) is 0 Å². The van der Waals surface area contributed by atoms with E-state index in [0.717, 1.165) is 6.16 Å². The fourth-order valence-corrected chi connectivity index (χ4v) is 3.46. The topological polar surface area (TPSA) is 45.1 Å². The third-order valence-corrected chi connectivity index (χ3v) is 5.91. The largest absolute Gasteiger partial charge is 0.470 e. The van der Waals surface area contributed by atoms with Crippen molar-refractivity contribution in [3.05, 3.63) is 12.0 Å². The first-order valence-corrected chi connectivity index (χ1v) is 7.48. The van der Waals surface area contributed by atoms with Gasteiger partial charge in [0.2, 0.25) is 0 Å². The van der Waals surface area contributed by atoms with Crippen LogP contribution in [0.4, 0.5) is 0 Å². The molecule has 1 unspecified atom stereocenters. The fraction of sp³-hybridized carbons (Fsp3) is 0.750. The van der Waals surface area contributed by atoms with Crippen molar-refractivity contribution in [1.29, 1.82) is 5.41 Å². The summed E-state index contributed by atoms with van der Waals surface area (Å²) in [6, 6.07) is 0.596. The van der Waals surface area contributed by atoms with Crippen molar-refractivity contribution in [3.8, 4) is 0 Å². The van der Waals surface area contributed by atoms with Crippen LogP contribution in [0.2, 0.25) is 0 Å². The van der Waals surface area contributed by atoms with Crippen molar-refractivity contribution in [3.63, 3.8) is 0 Å². The summed E-state index contributed by atoms with van der Waals surface area (Å²) in [4.78, 5) is 0. The molecule has 1 heterocycles. The molecule has 0 aromatic carbocycles. The molecule has 4 heteroatoms. The molecule has 0 aromatic heterocycles. The lowest BCUT2D eigenvalue weighted by Crippen LogP contribution is -2.20. The number of hydrogen-bond acceptors (Lipinski definition) is 3. The summed E-state index contributed by atoms with van der Waals surface area (Å²) in [7, 11) is -0.322. The molecule has 3 nitrogen and oxygen atoms in total. The molecular weight excluding hydrogens is 219 g/mol. The predicted molar refractivity (Wildman–Crippen MR) is 69.2 cm³/mol. The van der Waals surface area contributed by atoms with Gasteiger partial charge >= 0.3 is 0 Å². The molecule has 2 N–H and O–H groups in total. The quantitative estimate of drug-likeness (QED) is 0.440. The van der Waals surface area contributed by atoms with Crippen molar-refractivity contribution in [2.45, 2.75) is 50.7 Å². The highest BCUT2D eigenvalue weighted by Crippen LogP contribution is 2.69. The van der Waals surface area contributed by atoms with E-state index in [-0.39, 0.29) is 8.15 Å². The highest BCUT2D eigenvalue weighted by atomic mass is 31.2. The van der Waals surface area contributed by atoms with Crippen LogP contribution < -0.4 is 5.32 Å². The van der Waals surface area contributed by atoms with Crippen LogP contribution >= 0.6 is 8.15 Å². The number of hydrogen-bond donors (Lipinski definition) is 2. The summed E-state index contributed by atoms with van der Waals surface area (Å²) >= 11 is 0. The molecule has 16 heavy (non-hydrogen) atoms. The zero-order valence-corrected chi connectivity index (χ0v) is 11.0. The molecule has 0 aromatic rings. The van der Waals surface area contributed by atoms with Gasteiger partial charge in [0, 0.05) is 23.6 Å². The smallest absolute Gasteiger partial charge is 0.156 e. The van der Waals surface area contributed by atoms with Crippen molar-refractivity contribution >= 4 is 14.4 Å². The van der Waals surface area contributed by atoms with Crippen LogP contribution in [0.5, 0.6) is 0 Å². The maximum atomic E-state index is 7.34. The van der Waals surface area contributed by atoms with Gasteiger partial charge in [0.25, 0.3) is 0 Å². The van der Waals surface area contributed by atoms with Gasteiger partial charge < -0.3 is 15.2 Å². The maximum absolute atomic E-state index is 7.34. The van der Waals surface area contributed by atoms with E-state index in [1.807, 2.05) is 6.20 Å². The van der Waals surface area contributed by atoms with Crippen molar-refractivity contribution in [1.82, 2.24) is 5.32 Å². The van der Waals surface area contributed by atoms with Crippen LogP contribution in [0.3, 0.4) is 0 Å². The number of rotatable bonds is 5. The Morgan fingerprint density at radius 1 is 1.44 bits per heavy atom. The summed E-state index contributed by atoms with van der Waals surface area (Å²) in [5.74, 6) is 0.698. The third-order valence-electron chi connectivity index (χ3n) is 3.28. The second kappa shape index (κ2) is 4.75. The van der Waals surface area contributed by atoms with E-state index >= 15 is 0 Å². The summed E-state index contributed by atoms with van der Waals surface area (Å²) in [6.45, 7) is 4.45. The Labute approximate surface area is 99.0 Å². The molecule has 0 radical (unpaired) electrons. The highest BCUT2D eigenvalue weighted by molar-refractivity contribution is 7.62. The van der Waals surface area contributed by atoms with Crippen molar-refractivity contribution < 1.29 is 4.52 Å². The monoisotopic (exact) mass is 240 g/mol. The Balaban J connectivity index is 1.79. The molecule has 0 spiro atoms. The normalized spacial score (nSPS) is 28.9. The molecule has 1 saturated heterocycles. The third kappa shape index (κ3) is 2.98. The van der Waals surface area contributed by atoms with Crippen LogP contribution in [0, 0.1) is 5.41 Å². The molecule has 1 saturated carbocycles. The summed E-state index contributed by atoms with van der Waals surface area (Å²) < 4.78 is 5.81. The molecule has 2 aliphatic rings. The SMILES string of the molecule is CC1(C)CP1O/C(C=N)=C/NC1CCCC1. The lowest BCUT2D eigenvalue weighted by Gasteiger charge is -2.11. The van der Waals surface area contributed by atoms with Crippen LogP contribution in [0.1, 0.15) is 39.5 Å². The van der Waals surface area contributed by atoms with Crippen LogP contribution in [-0.2, 0) is 4.52 Å². The lowest BCUT2D eigenvalue weighted by atomic mass is 10.2. The lowest BCUT2D eigenvalue weighted by molar-refractivity contribution is 0.500. The Morgan fingerprint density at radius 3 is 2.56 bits per heavy atom. The fourth-order valence-electron chi connectivity index (χ4n) is 1.99. The van der Waals surface area contributed by atoms with E-state index in [2.05, 4.69) is 19.2 Å². The molecular formula is C12H21N2OP. The first kappa shape index (κ1) is 11.9. The maximum Gasteiger partial charge on any atom is 0.156 e. The summed E-state index contributed by atoms with van der Waals surface area (Å²) in [5, 5.41) is 11.1. The Bertz CT molecular complexity index is 295. The van der Waals surface area contributed by atoms with Gasteiger partial charge in [-0.1, -0.05) is 26.7 Å². The van der Waals surface area contributed by atoms with E-state index in [1.165, 1.54) is 31.9 Å². The molecule has 0 amide bonds. The van der Waals surface area contributed by atoms with Gasteiger partial charge in [0.1, 0.15) is 0 Å². The molecule has 1 aliphatic heterocycles. The zero-order valence-electron chi connectivity index (χ0n) is 10.1. The van der Waals surface area contributed by atoms with Crippen molar-refractivity contribution in [2.75, 3.05) is 6.16 Å². The minimum atomic E-state index is -0.322. The predicted octanol–water partition coefficient (Wildman–Crippen LogP) is 3.22. The standard InChI is InChI=1S/C12H21N2OP/c1-12(2)9-16(12)15-11(7-13)8-14-10-5-3-4-6-10/h7-8,10,13-14H,3-6,9H2,1-2H3/b11-8+,13-7?. The first-order chi connectivity index (χ1) is 7.62. The number of allylic oxidation sites excluding steroid dienone is 1. The van der Waals surface area contributed by atoms with Gasteiger partial charge in [-0.3, -0.25) is 0 Å². The van der Waals surface area contributed by atoms with Gasteiger partial charge in [-0.2, -0.15) is 0 Å². The van der Waals surface area contributed by atoms with Crippen LogP contribution in [-0.4, -0.2) is 23.6 Å².